The smallest absolute Gasteiger partial charge is 0.135 e. The molecule has 1 fully saturated rings. The Kier molecular flexibility index (Phi) is 5.49. The van der Waals surface area contributed by atoms with Crippen molar-refractivity contribution in [2.24, 2.45) is 0 Å². The number of hydrogen-bond acceptors (Lipinski definition) is 5. The second kappa shape index (κ2) is 7.58. The molecule has 0 atom stereocenters. The third kappa shape index (κ3) is 4.21. The van der Waals surface area contributed by atoms with Crippen LogP contribution in [0, 0.1) is 6.92 Å². The van der Waals surface area contributed by atoms with E-state index in [9.17, 15) is 0 Å². The number of ether oxygens (including phenoxy) is 1. The van der Waals surface area contributed by atoms with E-state index in [2.05, 4.69) is 28.6 Å². The van der Waals surface area contributed by atoms with Crippen LogP contribution >= 0.6 is 0 Å². The number of aromatic nitrogens is 2. The summed E-state index contributed by atoms with van der Waals surface area (Å²) >= 11 is 0. The Bertz CT molecular complexity index is 524. The molecule has 1 saturated heterocycles. The number of piperazine rings is 1. The van der Waals surface area contributed by atoms with Gasteiger partial charge in [-0.05, 0) is 46.5 Å². The van der Waals surface area contributed by atoms with Crippen molar-refractivity contribution in [3.63, 3.8) is 0 Å². The van der Waals surface area contributed by atoms with E-state index >= 15 is 0 Å². The van der Waals surface area contributed by atoms with Gasteiger partial charge in [0.05, 0.1) is 12.7 Å². The zero-order chi connectivity index (χ0) is 16.2. The van der Waals surface area contributed by atoms with Gasteiger partial charge in [0.1, 0.15) is 11.6 Å². The van der Waals surface area contributed by atoms with Gasteiger partial charge < -0.3 is 9.64 Å². The van der Waals surface area contributed by atoms with Gasteiger partial charge in [0.15, 0.2) is 0 Å². The van der Waals surface area contributed by atoms with Gasteiger partial charge in [0.25, 0.3) is 0 Å². The molecule has 2 aliphatic rings. The standard InChI is InChI=1S/C18H30N4O/c1-14(2)23-13-12-21-8-10-22(11-9-21)18-16-6-4-5-7-17(16)19-15(3)20-18/h14H,4-13H2,1-3H3. The van der Waals surface area contributed by atoms with Crippen molar-refractivity contribution in [1.82, 2.24) is 14.9 Å². The first-order chi connectivity index (χ1) is 11.1. The Morgan fingerprint density at radius 3 is 2.52 bits per heavy atom. The molecule has 1 aliphatic carbocycles. The molecule has 1 aliphatic heterocycles. The first-order valence-corrected chi connectivity index (χ1v) is 9.09. The number of aryl methyl sites for hydroxylation is 2. The molecule has 0 unspecified atom stereocenters. The van der Waals surface area contributed by atoms with Gasteiger partial charge in [0.2, 0.25) is 0 Å². The maximum absolute atomic E-state index is 5.67. The molecule has 0 spiro atoms. The van der Waals surface area contributed by atoms with Crippen molar-refractivity contribution >= 4 is 5.82 Å². The van der Waals surface area contributed by atoms with Gasteiger partial charge in [-0.25, -0.2) is 9.97 Å². The molecule has 0 N–H and O–H groups in total. The highest BCUT2D eigenvalue weighted by Gasteiger charge is 2.24. The average Bonchev–Trinajstić information content (AvgIpc) is 2.54. The van der Waals surface area contributed by atoms with Crippen molar-refractivity contribution in [2.45, 2.75) is 52.6 Å². The van der Waals surface area contributed by atoms with Crippen LogP contribution in [0.1, 0.15) is 43.8 Å². The lowest BCUT2D eigenvalue weighted by Crippen LogP contribution is -2.48. The molecule has 0 aromatic carbocycles. The first kappa shape index (κ1) is 16.7. The summed E-state index contributed by atoms with van der Waals surface area (Å²) in [5.74, 6) is 2.14. The van der Waals surface area contributed by atoms with E-state index < -0.39 is 0 Å². The van der Waals surface area contributed by atoms with Crippen LogP contribution in [0.25, 0.3) is 0 Å². The quantitative estimate of drug-likeness (QED) is 0.832. The molecule has 1 aromatic heterocycles. The molecule has 1 aromatic rings. The van der Waals surface area contributed by atoms with Crippen molar-refractivity contribution < 1.29 is 4.74 Å². The van der Waals surface area contributed by atoms with Crippen LogP contribution in [0.3, 0.4) is 0 Å². The lowest BCUT2D eigenvalue weighted by atomic mass is 9.96. The summed E-state index contributed by atoms with van der Waals surface area (Å²) < 4.78 is 5.67. The largest absolute Gasteiger partial charge is 0.377 e. The fraction of sp³-hybridized carbons (Fsp3) is 0.778. The first-order valence-electron chi connectivity index (χ1n) is 9.09. The van der Waals surface area contributed by atoms with Crippen LogP contribution < -0.4 is 4.90 Å². The molecule has 0 amide bonds. The zero-order valence-electron chi connectivity index (χ0n) is 14.8. The maximum atomic E-state index is 5.67. The van der Waals surface area contributed by atoms with Crippen LogP contribution in [0.15, 0.2) is 0 Å². The maximum Gasteiger partial charge on any atom is 0.135 e. The lowest BCUT2D eigenvalue weighted by Gasteiger charge is -2.37. The van der Waals surface area contributed by atoms with Crippen molar-refractivity contribution in [1.29, 1.82) is 0 Å². The topological polar surface area (TPSA) is 41.5 Å². The molecule has 0 bridgehead atoms. The van der Waals surface area contributed by atoms with Crippen LogP contribution in [-0.4, -0.2) is 60.3 Å². The Morgan fingerprint density at radius 1 is 1.04 bits per heavy atom. The summed E-state index contributed by atoms with van der Waals surface area (Å²) in [5, 5.41) is 0. The monoisotopic (exact) mass is 318 g/mol. The highest BCUT2D eigenvalue weighted by atomic mass is 16.5. The van der Waals surface area contributed by atoms with Crippen molar-refractivity contribution in [2.75, 3.05) is 44.2 Å². The molecular weight excluding hydrogens is 288 g/mol. The molecule has 128 valence electrons. The van der Waals surface area contributed by atoms with E-state index in [-0.39, 0.29) is 0 Å². The molecule has 3 rings (SSSR count). The summed E-state index contributed by atoms with van der Waals surface area (Å²) in [6, 6.07) is 0. The van der Waals surface area contributed by atoms with Gasteiger partial charge in [-0.1, -0.05) is 0 Å². The summed E-state index contributed by atoms with van der Waals surface area (Å²) in [6.45, 7) is 12.4. The number of fused-ring (bicyclic) bond motifs is 1. The van der Waals surface area contributed by atoms with Gasteiger partial charge in [0, 0.05) is 44.0 Å². The minimum Gasteiger partial charge on any atom is -0.377 e. The molecule has 0 saturated carbocycles. The van der Waals surface area contributed by atoms with Gasteiger partial charge >= 0.3 is 0 Å². The summed E-state index contributed by atoms with van der Waals surface area (Å²) in [5.41, 5.74) is 2.71. The highest BCUT2D eigenvalue weighted by Crippen LogP contribution is 2.28. The van der Waals surface area contributed by atoms with E-state index in [1.165, 1.54) is 29.9 Å². The van der Waals surface area contributed by atoms with E-state index in [0.29, 0.717) is 6.10 Å². The third-order valence-electron chi connectivity index (χ3n) is 4.80. The lowest BCUT2D eigenvalue weighted by molar-refractivity contribution is 0.0578. The Morgan fingerprint density at radius 2 is 1.78 bits per heavy atom. The Balaban J connectivity index is 1.61. The normalized spacial score (nSPS) is 19.2. The van der Waals surface area contributed by atoms with Crippen LogP contribution in [0.4, 0.5) is 5.82 Å². The Labute approximate surface area is 140 Å². The molecule has 2 heterocycles. The highest BCUT2D eigenvalue weighted by molar-refractivity contribution is 5.50. The van der Waals surface area contributed by atoms with Crippen LogP contribution in [0.5, 0.6) is 0 Å². The van der Waals surface area contributed by atoms with Gasteiger partial charge in [-0.2, -0.15) is 0 Å². The minimum absolute atomic E-state index is 0.326. The third-order valence-corrected chi connectivity index (χ3v) is 4.80. The van der Waals surface area contributed by atoms with E-state index in [1.807, 2.05) is 6.92 Å². The van der Waals surface area contributed by atoms with Gasteiger partial charge in [-0.15, -0.1) is 0 Å². The van der Waals surface area contributed by atoms with E-state index in [4.69, 9.17) is 9.72 Å². The molecule has 5 heteroatoms. The molecular formula is C18H30N4O. The average molecular weight is 318 g/mol. The predicted molar refractivity (Wildman–Crippen MR) is 93.2 cm³/mol. The number of nitrogens with zero attached hydrogens (tertiary/aromatic N) is 4. The van der Waals surface area contributed by atoms with Gasteiger partial charge in [-0.3, -0.25) is 4.90 Å². The number of rotatable bonds is 5. The fourth-order valence-electron chi connectivity index (χ4n) is 3.56. The minimum atomic E-state index is 0.326. The van der Waals surface area contributed by atoms with Crippen LogP contribution in [-0.2, 0) is 17.6 Å². The molecule has 0 radical (unpaired) electrons. The second-order valence-corrected chi connectivity index (χ2v) is 6.98. The molecule has 5 nitrogen and oxygen atoms in total. The fourth-order valence-corrected chi connectivity index (χ4v) is 3.56. The zero-order valence-corrected chi connectivity index (χ0v) is 14.8. The predicted octanol–water partition coefficient (Wildman–Crippen LogP) is 2.21. The number of anilines is 1. The van der Waals surface area contributed by atoms with Crippen LogP contribution in [0.2, 0.25) is 0 Å². The van der Waals surface area contributed by atoms with E-state index in [1.54, 1.807) is 0 Å². The van der Waals surface area contributed by atoms with Crippen molar-refractivity contribution in [3.05, 3.63) is 17.1 Å². The summed E-state index contributed by atoms with van der Waals surface area (Å²) in [7, 11) is 0. The summed E-state index contributed by atoms with van der Waals surface area (Å²) in [6.07, 6.45) is 5.14. The van der Waals surface area contributed by atoms with E-state index in [0.717, 1.165) is 58.0 Å². The Hall–Kier alpha value is -1.20. The number of hydrogen-bond donors (Lipinski definition) is 0. The second-order valence-electron chi connectivity index (χ2n) is 6.98. The summed E-state index contributed by atoms with van der Waals surface area (Å²) in [4.78, 5) is 14.4. The SMILES string of the molecule is Cc1nc2c(c(N3CCN(CCOC(C)C)CC3)n1)CCCC2. The van der Waals surface area contributed by atoms with Crippen molar-refractivity contribution in [3.8, 4) is 0 Å². The molecule has 23 heavy (non-hydrogen) atoms.